The fraction of sp³-hybridized carbons (Fsp3) is 0. The smallest absolute Gasteiger partial charge is 0.0579 e. The highest BCUT2D eigenvalue weighted by Gasteiger charge is 2.25. The van der Waals surface area contributed by atoms with Crippen molar-refractivity contribution in [3.05, 3.63) is 0 Å². The quantitative estimate of drug-likeness (QED) is 0.418. The van der Waals surface area contributed by atoms with E-state index >= 15 is 0 Å². The Morgan fingerprint density at radius 3 is 1.20 bits per heavy atom. The van der Waals surface area contributed by atoms with Gasteiger partial charge in [-0.1, -0.05) is 0 Å². The maximum atomic E-state index is 5.04. The maximum Gasteiger partial charge on any atom is 0.362 e. The van der Waals surface area contributed by atoms with Gasteiger partial charge in [-0.05, 0) is 0 Å². The Morgan fingerprint density at radius 2 is 1.20 bits per heavy atom. The summed E-state index contributed by atoms with van der Waals surface area (Å²) in [5.74, 6) is 0. The maximum absolute atomic E-state index is 5.04. The Morgan fingerprint density at radius 1 is 1.20 bits per heavy atom. The van der Waals surface area contributed by atoms with E-state index in [1.165, 1.54) is 0 Å². The summed E-state index contributed by atoms with van der Waals surface area (Å²) in [6, 6.07) is 0. The van der Waals surface area contributed by atoms with Gasteiger partial charge in [0.25, 0.3) is 0 Å². The van der Waals surface area contributed by atoms with Crippen molar-refractivity contribution in [1.29, 1.82) is 0 Å². The standard InChI is InChI=1S/Cl3HPS/c1-4(2,3)5/h5H/q+1. The zero-order valence-electron chi connectivity index (χ0n) is 2.03. The third kappa shape index (κ3) is 27.6. The van der Waals surface area contributed by atoms with Gasteiger partial charge in [-0.3, -0.25) is 0 Å². The molecule has 0 N–H and O–H groups in total. The molecule has 0 bridgehead atoms. The Balaban J connectivity index is 3.02. The van der Waals surface area contributed by atoms with E-state index in [1.807, 2.05) is 0 Å². The third-order valence-corrected chi connectivity index (χ3v) is 0. The first-order valence-corrected chi connectivity index (χ1v) is 6.36. The van der Waals surface area contributed by atoms with Crippen molar-refractivity contribution < 1.29 is 0 Å². The van der Waals surface area contributed by atoms with E-state index in [0.29, 0.717) is 0 Å². The number of hydrogen-bond acceptors (Lipinski definition) is 1. The summed E-state index contributed by atoms with van der Waals surface area (Å²) < 4.78 is -2.28. The lowest BCUT2D eigenvalue weighted by molar-refractivity contribution is 4.46. The average Bonchev–Trinajstić information content (AvgIpc) is 0.722. The second-order valence-electron chi connectivity index (χ2n) is 0.418. The first-order chi connectivity index (χ1) is 2.00. The molecule has 0 rings (SSSR count). The lowest BCUT2D eigenvalue weighted by Crippen LogP contribution is -1.23. The summed E-state index contributed by atoms with van der Waals surface area (Å²) in [4.78, 5) is 0. The van der Waals surface area contributed by atoms with Crippen LogP contribution in [0.4, 0.5) is 0 Å². The second-order valence-corrected chi connectivity index (χ2v) is 11.3. The van der Waals surface area contributed by atoms with E-state index in [1.54, 1.807) is 0 Å². The van der Waals surface area contributed by atoms with Crippen LogP contribution >= 0.6 is 50.5 Å². The minimum Gasteiger partial charge on any atom is 0.0579 e. The predicted molar refractivity (Wildman–Crippen MR) is 33.5 cm³/mol. The molecule has 0 unspecified atom stereocenters. The predicted octanol–water partition coefficient (Wildman–Crippen LogP) is 3.31. The van der Waals surface area contributed by atoms with Crippen molar-refractivity contribution in [2.24, 2.45) is 0 Å². The summed E-state index contributed by atoms with van der Waals surface area (Å²) in [6.07, 6.45) is 0. The lowest BCUT2D eigenvalue weighted by Gasteiger charge is -1.76. The molecule has 0 heterocycles. The fourth-order valence-electron chi connectivity index (χ4n) is 0. The second kappa shape index (κ2) is 2.09. The summed E-state index contributed by atoms with van der Waals surface area (Å²) in [7, 11) is 0. The van der Waals surface area contributed by atoms with E-state index in [4.69, 9.17) is 33.7 Å². The average molecular weight is 170 g/mol. The van der Waals surface area contributed by atoms with Crippen LogP contribution in [0.2, 0.25) is 0 Å². The van der Waals surface area contributed by atoms with Gasteiger partial charge in [0.05, 0.1) is 12.2 Å². The fourth-order valence-corrected chi connectivity index (χ4v) is 0. The summed E-state index contributed by atoms with van der Waals surface area (Å²) in [6.45, 7) is 0. The Kier molecular flexibility index (Phi) is 2.78. The van der Waals surface area contributed by atoms with E-state index in [2.05, 4.69) is 12.2 Å². The molecule has 0 aromatic carbocycles. The highest BCUT2D eigenvalue weighted by Crippen LogP contribution is 2.77. The van der Waals surface area contributed by atoms with Crippen molar-refractivity contribution >= 4 is 50.5 Å². The van der Waals surface area contributed by atoms with E-state index in [0.717, 1.165) is 0 Å². The molecular formula is HCl3PS+. The van der Waals surface area contributed by atoms with Crippen molar-refractivity contribution in [2.75, 3.05) is 0 Å². The summed E-state index contributed by atoms with van der Waals surface area (Å²) in [5, 5.41) is 0. The molecule has 0 aliphatic heterocycles. The van der Waals surface area contributed by atoms with Crippen LogP contribution < -0.4 is 0 Å². The van der Waals surface area contributed by atoms with Crippen LogP contribution in [-0.4, -0.2) is 0 Å². The molecular weight excluding hydrogens is 169 g/mol. The van der Waals surface area contributed by atoms with E-state index in [9.17, 15) is 0 Å². The van der Waals surface area contributed by atoms with Crippen LogP contribution in [0.5, 0.6) is 0 Å². The highest BCUT2D eigenvalue weighted by atomic mass is 36.1. The molecule has 5 heavy (non-hydrogen) atoms. The first-order valence-electron chi connectivity index (χ1n) is 0.707. The number of thiol groups is 1. The van der Waals surface area contributed by atoms with Gasteiger partial charge in [0.2, 0.25) is 0 Å². The molecule has 0 saturated heterocycles. The van der Waals surface area contributed by atoms with Crippen LogP contribution in [0.15, 0.2) is 0 Å². The molecule has 0 aliphatic carbocycles. The van der Waals surface area contributed by atoms with Crippen LogP contribution in [0.3, 0.4) is 0 Å². The van der Waals surface area contributed by atoms with Crippen molar-refractivity contribution in [1.82, 2.24) is 0 Å². The van der Waals surface area contributed by atoms with Crippen LogP contribution in [0, 0.1) is 0 Å². The molecule has 0 aromatic heterocycles. The summed E-state index contributed by atoms with van der Waals surface area (Å²) in [5.41, 5.74) is 0. The molecule has 0 amide bonds. The minimum absolute atomic E-state index is 2.28. The van der Waals surface area contributed by atoms with Gasteiger partial charge < -0.3 is 0 Å². The molecule has 0 radical (unpaired) electrons. The third-order valence-electron chi connectivity index (χ3n) is 0. The SMILES string of the molecule is S[P+](Cl)(Cl)Cl. The van der Waals surface area contributed by atoms with Gasteiger partial charge in [0.15, 0.2) is 0 Å². The van der Waals surface area contributed by atoms with Crippen LogP contribution in [0.25, 0.3) is 0 Å². The Labute approximate surface area is 50.6 Å². The van der Waals surface area contributed by atoms with E-state index < -0.39 is 4.52 Å². The molecule has 0 fully saturated rings. The van der Waals surface area contributed by atoms with Crippen molar-refractivity contribution in [2.45, 2.75) is 0 Å². The Bertz CT molecular complexity index is 22.4. The van der Waals surface area contributed by atoms with Gasteiger partial charge >= 0.3 is 4.52 Å². The molecule has 32 valence electrons. The van der Waals surface area contributed by atoms with Gasteiger partial charge in [0.1, 0.15) is 33.7 Å². The Hall–Kier alpha value is 1.65. The monoisotopic (exact) mass is 169 g/mol. The van der Waals surface area contributed by atoms with Crippen LogP contribution in [0.1, 0.15) is 0 Å². The molecule has 0 atom stereocenters. The first kappa shape index (κ1) is 6.65. The number of halogens is 3. The number of hydrogen-bond donors (Lipinski definition) is 1. The van der Waals surface area contributed by atoms with Crippen molar-refractivity contribution in [3.63, 3.8) is 0 Å². The van der Waals surface area contributed by atoms with Crippen LogP contribution in [-0.2, 0) is 0 Å². The molecule has 0 nitrogen and oxygen atoms in total. The molecule has 0 aromatic rings. The molecule has 0 aliphatic rings. The zero-order chi connectivity index (χ0) is 4.50. The largest absolute Gasteiger partial charge is 0.362 e. The molecule has 5 heteroatoms. The minimum atomic E-state index is -2.28. The highest BCUT2D eigenvalue weighted by molar-refractivity contribution is 8.78. The summed E-state index contributed by atoms with van der Waals surface area (Å²) >= 11 is 18.6. The normalized spacial score (nSPS) is 12.0. The van der Waals surface area contributed by atoms with Gasteiger partial charge in [-0.15, -0.1) is 0 Å². The van der Waals surface area contributed by atoms with Gasteiger partial charge in [-0.25, -0.2) is 0 Å². The number of rotatable bonds is 0. The topological polar surface area (TPSA) is 0 Å². The van der Waals surface area contributed by atoms with E-state index in [-0.39, 0.29) is 0 Å². The van der Waals surface area contributed by atoms with Crippen molar-refractivity contribution in [3.8, 4) is 0 Å². The van der Waals surface area contributed by atoms with Gasteiger partial charge in [-0.2, -0.15) is 0 Å². The van der Waals surface area contributed by atoms with Gasteiger partial charge in [0, 0.05) is 0 Å². The molecule has 0 spiro atoms. The lowest BCUT2D eigenvalue weighted by atomic mass is 30.0. The molecule has 0 saturated carbocycles. The zero-order valence-corrected chi connectivity index (χ0v) is 6.08.